The van der Waals surface area contributed by atoms with E-state index < -0.39 is 6.10 Å². The van der Waals surface area contributed by atoms with Crippen LogP contribution in [0.5, 0.6) is 0 Å². The van der Waals surface area contributed by atoms with Crippen molar-refractivity contribution in [2.45, 2.75) is 25.9 Å². The van der Waals surface area contributed by atoms with Gasteiger partial charge in [-0.05, 0) is 12.8 Å². The van der Waals surface area contributed by atoms with Crippen molar-refractivity contribution in [2.24, 2.45) is 5.92 Å². The summed E-state index contributed by atoms with van der Waals surface area (Å²) in [4.78, 5) is 22.2. The molecular formula is C8H13NO3. The van der Waals surface area contributed by atoms with Crippen LogP contribution in [0.25, 0.3) is 0 Å². The van der Waals surface area contributed by atoms with E-state index in [1.165, 1.54) is 7.11 Å². The van der Waals surface area contributed by atoms with Crippen LogP contribution in [-0.4, -0.2) is 25.0 Å². The van der Waals surface area contributed by atoms with Crippen molar-refractivity contribution < 1.29 is 14.3 Å². The lowest BCUT2D eigenvalue weighted by Gasteiger charge is -2.25. The first kappa shape index (κ1) is 9.19. The van der Waals surface area contributed by atoms with Gasteiger partial charge in [-0.1, -0.05) is 6.92 Å². The van der Waals surface area contributed by atoms with Crippen LogP contribution in [0, 0.1) is 5.92 Å². The standard InChI is InChI=1S/C8H13NO3/c1-3-5-4-6(12-2)8(11)9-7(5)10/h5-6H,3-4H2,1-2H3,(H,9,10,11). The first-order valence-electron chi connectivity index (χ1n) is 4.06. The zero-order valence-corrected chi connectivity index (χ0v) is 7.29. The average Bonchev–Trinajstić information content (AvgIpc) is 2.05. The Morgan fingerprint density at radius 2 is 2.17 bits per heavy atom. The molecule has 1 N–H and O–H groups in total. The molecule has 0 radical (unpaired) electrons. The predicted molar refractivity (Wildman–Crippen MR) is 42.3 cm³/mol. The molecule has 2 amide bonds. The summed E-state index contributed by atoms with van der Waals surface area (Å²) in [6.45, 7) is 1.92. The van der Waals surface area contributed by atoms with Gasteiger partial charge in [0.2, 0.25) is 5.91 Å². The Labute approximate surface area is 71.3 Å². The molecule has 0 aromatic carbocycles. The Morgan fingerprint density at radius 1 is 1.50 bits per heavy atom. The highest BCUT2D eigenvalue weighted by Gasteiger charge is 2.33. The van der Waals surface area contributed by atoms with Crippen molar-refractivity contribution in [3.8, 4) is 0 Å². The monoisotopic (exact) mass is 171 g/mol. The minimum Gasteiger partial charge on any atom is -0.372 e. The number of hydrogen-bond acceptors (Lipinski definition) is 3. The molecule has 0 aliphatic carbocycles. The lowest BCUT2D eigenvalue weighted by atomic mass is 9.94. The van der Waals surface area contributed by atoms with Gasteiger partial charge >= 0.3 is 0 Å². The summed E-state index contributed by atoms with van der Waals surface area (Å²) in [5.74, 6) is -0.560. The van der Waals surface area contributed by atoms with Gasteiger partial charge in [0.05, 0.1) is 0 Å². The second kappa shape index (κ2) is 3.67. The van der Waals surface area contributed by atoms with E-state index in [2.05, 4.69) is 5.32 Å². The third-order valence-corrected chi connectivity index (χ3v) is 2.19. The van der Waals surface area contributed by atoms with Gasteiger partial charge < -0.3 is 4.74 Å². The summed E-state index contributed by atoms with van der Waals surface area (Å²) in [5.41, 5.74) is 0. The summed E-state index contributed by atoms with van der Waals surface area (Å²) in [7, 11) is 1.48. The first-order chi connectivity index (χ1) is 5.69. The van der Waals surface area contributed by atoms with E-state index in [0.29, 0.717) is 6.42 Å². The zero-order valence-electron chi connectivity index (χ0n) is 7.29. The molecule has 0 saturated carbocycles. The van der Waals surface area contributed by atoms with Crippen LogP contribution in [0.1, 0.15) is 19.8 Å². The van der Waals surface area contributed by atoms with E-state index in [9.17, 15) is 9.59 Å². The van der Waals surface area contributed by atoms with Gasteiger partial charge in [0.15, 0.2) is 0 Å². The minimum absolute atomic E-state index is 0.0763. The number of amides is 2. The maximum absolute atomic E-state index is 11.1. The molecule has 0 spiro atoms. The van der Waals surface area contributed by atoms with E-state index in [0.717, 1.165) is 6.42 Å². The molecule has 12 heavy (non-hydrogen) atoms. The van der Waals surface area contributed by atoms with Gasteiger partial charge in [0, 0.05) is 13.0 Å². The van der Waals surface area contributed by atoms with E-state index in [1.807, 2.05) is 6.92 Å². The fourth-order valence-corrected chi connectivity index (χ4v) is 1.33. The molecule has 2 atom stereocenters. The van der Waals surface area contributed by atoms with Gasteiger partial charge in [0.1, 0.15) is 6.10 Å². The second-order valence-corrected chi connectivity index (χ2v) is 2.92. The molecule has 1 aliphatic rings. The topological polar surface area (TPSA) is 55.4 Å². The van der Waals surface area contributed by atoms with Gasteiger partial charge in [-0.3, -0.25) is 14.9 Å². The number of piperidine rings is 1. The number of nitrogens with one attached hydrogen (secondary N) is 1. The van der Waals surface area contributed by atoms with Crippen LogP contribution in [0.3, 0.4) is 0 Å². The molecule has 2 unspecified atom stereocenters. The number of hydrogen-bond donors (Lipinski definition) is 1. The molecule has 0 aromatic rings. The van der Waals surface area contributed by atoms with Gasteiger partial charge in [-0.25, -0.2) is 0 Å². The van der Waals surface area contributed by atoms with Crippen LogP contribution >= 0.6 is 0 Å². The maximum atomic E-state index is 11.1. The molecule has 0 bridgehead atoms. The maximum Gasteiger partial charge on any atom is 0.255 e. The number of carbonyl (C=O) groups excluding carboxylic acids is 2. The third kappa shape index (κ3) is 1.64. The Kier molecular flexibility index (Phi) is 2.81. The quantitative estimate of drug-likeness (QED) is 0.598. The molecule has 68 valence electrons. The number of methoxy groups -OCH3 is 1. The predicted octanol–water partition coefficient (Wildman–Crippen LogP) is 0.0741. The van der Waals surface area contributed by atoms with Gasteiger partial charge in [-0.15, -0.1) is 0 Å². The lowest BCUT2D eigenvalue weighted by Crippen LogP contribution is -2.49. The van der Waals surface area contributed by atoms with Crippen LogP contribution in [0.15, 0.2) is 0 Å². The van der Waals surface area contributed by atoms with Crippen molar-refractivity contribution in [2.75, 3.05) is 7.11 Å². The molecule has 4 heteroatoms. The summed E-state index contributed by atoms with van der Waals surface area (Å²) >= 11 is 0. The van der Waals surface area contributed by atoms with E-state index in [1.54, 1.807) is 0 Å². The Balaban J connectivity index is 2.62. The van der Waals surface area contributed by atoms with Crippen molar-refractivity contribution >= 4 is 11.8 Å². The van der Waals surface area contributed by atoms with Crippen LogP contribution in [0.4, 0.5) is 0 Å². The summed E-state index contributed by atoms with van der Waals surface area (Å²) in [5, 5.41) is 2.28. The second-order valence-electron chi connectivity index (χ2n) is 2.92. The van der Waals surface area contributed by atoms with E-state index in [4.69, 9.17) is 4.74 Å². The molecule has 1 heterocycles. The van der Waals surface area contributed by atoms with Crippen molar-refractivity contribution in [3.63, 3.8) is 0 Å². The van der Waals surface area contributed by atoms with Crippen molar-refractivity contribution in [1.29, 1.82) is 0 Å². The highest BCUT2D eigenvalue weighted by Crippen LogP contribution is 2.17. The van der Waals surface area contributed by atoms with Crippen LogP contribution < -0.4 is 5.32 Å². The molecule has 1 saturated heterocycles. The summed E-state index contributed by atoms with van der Waals surface area (Å²) in [6.07, 6.45) is 0.809. The number of imide groups is 1. The highest BCUT2D eigenvalue weighted by atomic mass is 16.5. The van der Waals surface area contributed by atoms with Crippen molar-refractivity contribution in [3.05, 3.63) is 0 Å². The molecule has 1 rings (SSSR count). The number of rotatable bonds is 2. The Morgan fingerprint density at radius 3 is 2.67 bits per heavy atom. The van der Waals surface area contributed by atoms with Crippen molar-refractivity contribution in [1.82, 2.24) is 5.32 Å². The van der Waals surface area contributed by atoms with E-state index >= 15 is 0 Å². The van der Waals surface area contributed by atoms with E-state index in [-0.39, 0.29) is 17.7 Å². The highest BCUT2D eigenvalue weighted by molar-refractivity contribution is 6.00. The fraction of sp³-hybridized carbons (Fsp3) is 0.750. The minimum atomic E-state index is -0.451. The largest absolute Gasteiger partial charge is 0.372 e. The lowest BCUT2D eigenvalue weighted by molar-refractivity contribution is -0.145. The van der Waals surface area contributed by atoms with Gasteiger partial charge in [0.25, 0.3) is 5.91 Å². The molecule has 1 aliphatic heterocycles. The number of ether oxygens (including phenoxy) is 1. The molecular weight excluding hydrogens is 158 g/mol. The Bertz CT molecular complexity index is 182. The zero-order chi connectivity index (χ0) is 9.14. The first-order valence-corrected chi connectivity index (χ1v) is 4.06. The average molecular weight is 171 g/mol. The summed E-state index contributed by atoms with van der Waals surface area (Å²) < 4.78 is 4.92. The normalized spacial score (nSPS) is 30.2. The SMILES string of the molecule is CCC1CC(OC)C(=O)NC1=O. The molecule has 0 aromatic heterocycles. The van der Waals surface area contributed by atoms with Gasteiger partial charge in [-0.2, -0.15) is 0 Å². The fourth-order valence-electron chi connectivity index (χ4n) is 1.33. The third-order valence-electron chi connectivity index (χ3n) is 2.19. The molecule has 4 nitrogen and oxygen atoms in total. The number of carbonyl (C=O) groups is 2. The molecule has 1 fully saturated rings. The smallest absolute Gasteiger partial charge is 0.255 e. The van der Waals surface area contributed by atoms with Crippen LogP contribution in [-0.2, 0) is 14.3 Å². The summed E-state index contributed by atoms with van der Waals surface area (Å²) in [6, 6.07) is 0. The van der Waals surface area contributed by atoms with Crippen LogP contribution in [0.2, 0.25) is 0 Å². The Hall–Kier alpha value is -0.900.